The van der Waals surface area contributed by atoms with Gasteiger partial charge >= 0.3 is 0 Å². The average molecular weight is 454 g/mol. The Morgan fingerprint density at radius 1 is 1.21 bits per heavy atom. The molecule has 33 heavy (non-hydrogen) atoms. The molecule has 0 saturated heterocycles. The summed E-state index contributed by atoms with van der Waals surface area (Å²) in [7, 11) is 6.80. The maximum Gasteiger partial charge on any atom is 0.151 e. The standard InChI is InChI=1S/C24H31N5O4/c1-25-24-21(23-27-18-7-5-6-8-19(18)28-23)22(30)20(14-26-9-10-31-2)29(24)15-11-16(32-3)13-17(12-15)33-4/h5-8,11,13,15,25-26,30H,9-10,12,14H2,1-4H3,(H,27,28). The van der Waals surface area contributed by atoms with Crippen LogP contribution >= 0.6 is 0 Å². The van der Waals surface area contributed by atoms with E-state index in [-0.39, 0.29) is 11.8 Å². The summed E-state index contributed by atoms with van der Waals surface area (Å²) >= 11 is 0. The third kappa shape index (κ3) is 4.42. The highest BCUT2D eigenvalue weighted by molar-refractivity contribution is 5.86. The van der Waals surface area contributed by atoms with Gasteiger partial charge in [-0.15, -0.1) is 0 Å². The Hall–Kier alpha value is -3.43. The largest absolute Gasteiger partial charge is 0.505 e. The van der Waals surface area contributed by atoms with Crippen LogP contribution in [-0.4, -0.2) is 61.2 Å². The van der Waals surface area contributed by atoms with Gasteiger partial charge in [-0.25, -0.2) is 4.98 Å². The fraction of sp³-hybridized carbons (Fsp3) is 0.375. The smallest absolute Gasteiger partial charge is 0.151 e. The highest BCUT2D eigenvalue weighted by atomic mass is 16.5. The second kappa shape index (κ2) is 10.0. The van der Waals surface area contributed by atoms with E-state index in [9.17, 15) is 5.11 Å². The molecule has 3 aromatic rings. The highest BCUT2D eigenvalue weighted by Crippen LogP contribution is 2.45. The lowest BCUT2D eigenvalue weighted by atomic mass is 10.1. The maximum atomic E-state index is 11.4. The molecule has 2 aromatic heterocycles. The zero-order valence-corrected chi connectivity index (χ0v) is 19.4. The van der Waals surface area contributed by atoms with Crippen molar-refractivity contribution < 1.29 is 19.3 Å². The van der Waals surface area contributed by atoms with E-state index in [0.29, 0.717) is 43.3 Å². The number of benzene rings is 1. The van der Waals surface area contributed by atoms with E-state index in [0.717, 1.165) is 28.3 Å². The van der Waals surface area contributed by atoms with Crippen molar-refractivity contribution in [3.8, 4) is 17.1 Å². The van der Waals surface area contributed by atoms with Crippen molar-refractivity contribution in [3.05, 3.63) is 53.6 Å². The molecule has 0 amide bonds. The molecule has 0 saturated carbocycles. The van der Waals surface area contributed by atoms with Gasteiger partial charge in [0.2, 0.25) is 0 Å². The van der Waals surface area contributed by atoms with Crippen molar-refractivity contribution in [1.29, 1.82) is 0 Å². The highest BCUT2D eigenvalue weighted by Gasteiger charge is 2.30. The number of imidazole rings is 1. The molecule has 4 N–H and O–H groups in total. The number of H-pyrrole nitrogens is 1. The average Bonchev–Trinajstić information content (AvgIpc) is 3.39. The van der Waals surface area contributed by atoms with Crippen LogP contribution in [0.15, 0.2) is 47.9 Å². The second-order valence-electron chi connectivity index (χ2n) is 7.77. The van der Waals surface area contributed by atoms with Crippen LogP contribution in [0.5, 0.6) is 5.75 Å². The lowest BCUT2D eigenvalue weighted by Crippen LogP contribution is -2.23. The van der Waals surface area contributed by atoms with Gasteiger partial charge in [-0.3, -0.25) is 0 Å². The minimum Gasteiger partial charge on any atom is -0.505 e. The maximum absolute atomic E-state index is 11.4. The minimum atomic E-state index is -0.134. The van der Waals surface area contributed by atoms with Crippen LogP contribution in [-0.2, 0) is 20.8 Å². The first kappa shape index (κ1) is 22.8. The molecule has 4 rings (SSSR count). The van der Waals surface area contributed by atoms with Crippen LogP contribution in [0.25, 0.3) is 22.4 Å². The van der Waals surface area contributed by atoms with Crippen LogP contribution in [0.4, 0.5) is 5.82 Å². The molecule has 9 heteroatoms. The van der Waals surface area contributed by atoms with Crippen molar-refractivity contribution >= 4 is 16.9 Å². The summed E-state index contributed by atoms with van der Waals surface area (Å²) in [6.07, 6.45) is 4.54. The monoisotopic (exact) mass is 453 g/mol. The van der Waals surface area contributed by atoms with E-state index >= 15 is 0 Å². The molecule has 0 radical (unpaired) electrons. The molecule has 9 nitrogen and oxygen atoms in total. The molecular formula is C24H31N5O4. The number of methoxy groups -OCH3 is 3. The van der Waals surface area contributed by atoms with Crippen molar-refractivity contribution in [2.24, 2.45) is 0 Å². The van der Waals surface area contributed by atoms with E-state index in [1.807, 2.05) is 43.5 Å². The summed E-state index contributed by atoms with van der Waals surface area (Å²) in [5, 5.41) is 18.1. The predicted octanol–water partition coefficient (Wildman–Crippen LogP) is 3.52. The first-order valence-electron chi connectivity index (χ1n) is 10.9. The minimum absolute atomic E-state index is 0.134. The Labute approximate surface area is 193 Å². The van der Waals surface area contributed by atoms with Crippen molar-refractivity contribution in [2.45, 2.75) is 19.0 Å². The van der Waals surface area contributed by atoms with Crippen molar-refractivity contribution in [3.63, 3.8) is 0 Å². The van der Waals surface area contributed by atoms with Crippen molar-refractivity contribution in [2.75, 3.05) is 46.8 Å². The Kier molecular flexibility index (Phi) is 6.90. The van der Waals surface area contributed by atoms with Gasteiger partial charge in [-0.05, 0) is 18.2 Å². The Bertz CT molecular complexity index is 1140. The molecule has 1 atom stereocenters. The van der Waals surface area contributed by atoms with Gasteiger partial charge in [-0.2, -0.15) is 0 Å². The van der Waals surface area contributed by atoms with Crippen LogP contribution in [0, 0.1) is 0 Å². The normalized spacial score (nSPS) is 15.9. The number of aromatic hydroxyl groups is 1. The van der Waals surface area contributed by atoms with E-state index in [2.05, 4.69) is 20.2 Å². The van der Waals surface area contributed by atoms with E-state index in [1.165, 1.54) is 0 Å². The SMILES string of the molecule is CNc1c(-c2nc3ccccc3[nH]2)c(O)c(CNCCOC)n1C1C=C(OC)C=C(OC)C1. The third-order valence-electron chi connectivity index (χ3n) is 5.82. The lowest BCUT2D eigenvalue weighted by molar-refractivity contribution is 0.198. The summed E-state index contributed by atoms with van der Waals surface area (Å²) in [4.78, 5) is 8.08. The number of hydrogen-bond acceptors (Lipinski definition) is 7. The number of anilines is 1. The number of nitrogens with zero attached hydrogens (tertiary/aromatic N) is 2. The molecule has 0 spiro atoms. The number of fused-ring (bicyclic) bond motifs is 1. The lowest BCUT2D eigenvalue weighted by Gasteiger charge is -2.26. The van der Waals surface area contributed by atoms with Gasteiger partial charge in [0.25, 0.3) is 0 Å². The number of ether oxygens (including phenoxy) is 3. The molecule has 0 aliphatic heterocycles. The van der Waals surface area contributed by atoms with Crippen LogP contribution in [0.3, 0.4) is 0 Å². The number of hydrogen-bond donors (Lipinski definition) is 4. The zero-order chi connectivity index (χ0) is 23.4. The summed E-state index contributed by atoms with van der Waals surface area (Å²) in [6, 6.07) is 7.68. The van der Waals surface area contributed by atoms with Crippen LogP contribution in [0.1, 0.15) is 18.2 Å². The Balaban J connectivity index is 1.85. The number of aromatic nitrogens is 3. The Morgan fingerprint density at radius 2 is 2.03 bits per heavy atom. The number of nitrogens with one attached hydrogen (secondary N) is 3. The van der Waals surface area contributed by atoms with Crippen LogP contribution in [0.2, 0.25) is 0 Å². The fourth-order valence-electron chi connectivity index (χ4n) is 4.24. The molecule has 1 aliphatic rings. The summed E-state index contributed by atoms with van der Waals surface area (Å²) in [5.74, 6) is 3.04. The molecule has 2 heterocycles. The van der Waals surface area contributed by atoms with Gasteiger partial charge < -0.3 is 39.5 Å². The molecule has 0 fully saturated rings. The molecule has 1 aromatic carbocycles. The zero-order valence-electron chi connectivity index (χ0n) is 19.4. The van der Waals surface area contributed by atoms with E-state index in [1.54, 1.807) is 21.3 Å². The second-order valence-corrected chi connectivity index (χ2v) is 7.77. The van der Waals surface area contributed by atoms with Gasteiger partial charge in [0.1, 0.15) is 28.7 Å². The first-order valence-corrected chi connectivity index (χ1v) is 10.9. The van der Waals surface area contributed by atoms with Crippen LogP contribution < -0.4 is 10.6 Å². The van der Waals surface area contributed by atoms with E-state index in [4.69, 9.17) is 19.2 Å². The predicted molar refractivity (Wildman–Crippen MR) is 128 cm³/mol. The molecule has 176 valence electrons. The fourth-order valence-corrected chi connectivity index (χ4v) is 4.24. The number of allylic oxidation sites excluding steroid dienone is 3. The topological polar surface area (TPSA) is 106 Å². The summed E-state index contributed by atoms with van der Waals surface area (Å²) in [6.45, 7) is 1.68. The quantitative estimate of drug-likeness (QED) is 0.348. The molecule has 1 aliphatic carbocycles. The third-order valence-corrected chi connectivity index (χ3v) is 5.82. The Morgan fingerprint density at radius 3 is 2.73 bits per heavy atom. The van der Waals surface area contributed by atoms with Gasteiger partial charge in [0, 0.05) is 39.7 Å². The molecular weight excluding hydrogens is 422 g/mol. The molecule has 0 bridgehead atoms. The first-order chi connectivity index (χ1) is 16.1. The van der Waals surface area contributed by atoms with Gasteiger partial charge in [0.15, 0.2) is 5.75 Å². The van der Waals surface area contributed by atoms with Crippen molar-refractivity contribution in [1.82, 2.24) is 19.9 Å². The molecule has 1 unspecified atom stereocenters. The van der Waals surface area contributed by atoms with E-state index < -0.39 is 0 Å². The van der Waals surface area contributed by atoms with Gasteiger partial charge in [0.05, 0.1) is 43.6 Å². The van der Waals surface area contributed by atoms with Gasteiger partial charge in [-0.1, -0.05) is 12.1 Å². The summed E-state index contributed by atoms with van der Waals surface area (Å²) in [5.41, 5.74) is 3.11. The number of aromatic amines is 1. The number of rotatable bonds is 10. The number of para-hydroxylation sites is 2. The summed E-state index contributed by atoms with van der Waals surface area (Å²) < 4.78 is 18.3.